The number of aromatic amines is 1. The molecule has 3 heterocycles. The van der Waals surface area contributed by atoms with E-state index in [0.717, 1.165) is 29.5 Å². The summed E-state index contributed by atoms with van der Waals surface area (Å²) in [5, 5.41) is 11.7. The zero-order chi connectivity index (χ0) is 17.2. The third kappa shape index (κ3) is 2.14. The second-order valence-corrected chi connectivity index (χ2v) is 7.65. The minimum absolute atomic E-state index is 0.0524. The molecule has 128 valence electrons. The van der Waals surface area contributed by atoms with Crippen molar-refractivity contribution in [2.45, 2.75) is 58.3 Å². The smallest absolute Gasteiger partial charge is 0.248 e. The molecule has 24 heavy (non-hydrogen) atoms. The fourth-order valence-electron chi connectivity index (χ4n) is 3.74. The molecule has 5 heteroatoms. The maximum absolute atomic E-state index is 11.9. The first-order chi connectivity index (χ1) is 11.3. The zero-order valence-corrected chi connectivity index (χ0v) is 14.5. The largest absolute Gasteiger partial charge is 0.489 e. The fraction of sp³-hybridized carbons (Fsp3) is 0.526. The number of fused-ring (bicyclic) bond motifs is 6. The van der Waals surface area contributed by atoms with Crippen LogP contribution < -0.4 is 15.0 Å². The number of pyridine rings is 1. The van der Waals surface area contributed by atoms with Gasteiger partial charge in [-0.25, -0.2) is 0 Å². The number of nitrogens with one attached hydrogen (secondary N) is 1. The Bertz CT molecular complexity index is 883. The maximum atomic E-state index is 11.9. The van der Waals surface area contributed by atoms with Crippen molar-refractivity contribution in [3.8, 4) is 11.5 Å². The summed E-state index contributed by atoms with van der Waals surface area (Å²) in [6.07, 6.45) is 0.932. The third-order valence-corrected chi connectivity index (χ3v) is 5.42. The molecule has 2 aliphatic rings. The van der Waals surface area contributed by atoms with E-state index in [9.17, 15) is 9.90 Å². The van der Waals surface area contributed by atoms with Gasteiger partial charge in [-0.3, -0.25) is 4.79 Å². The molecule has 1 aromatic carbocycles. The maximum Gasteiger partial charge on any atom is 0.248 e. The minimum Gasteiger partial charge on any atom is -0.489 e. The Morgan fingerprint density at radius 2 is 2.00 bits per heavy atom. The van der Waals surface area contributed by atoms with E-state index in [1.54, 1.807) is 6.07 Å². The van der Waals surface area contributed by atoms with E-state index in [2.05, 4.69) is 18.8 Å². The summed E-state index contributed by atoms with van der Waals surface area (Å²) in [5.41, 5.74) is 1.85. The van der Waals surface area contributed by atoms with E-state index in [1.807, 2.05) is 13.8 Å². The molecule has 2 aliphatic heterocycles. The van der Waals surface area contributed by atoms with Crippen LogP contribution in [0.15, 0.2) is 16.9 Å². The fourth-order valence-corrected chi connectivity index (χ4v) is 3.74. The van der Waals surface area contributed by atoms with E-state index < -0.39 is 6.10 Å². The van der Waals surface area contributed by atoms with Gasteiger partial charge >= 0.3 is 0 Å². The molecule has 3 atom stereocenters. The molecule has 0 fully saturated rings. The number of aliphatic hydroxyl groups excluding tert-OH is 1. The molecule has 5 nitrogen and oxygen atoms in total. The van der Waals surface area contributed by atoms with Crippen molar-refractivity contribution < 1.29 is 14.6 Å². The summed E-state index contributed by atoms with van der Waals surface area (Å²) >= 11 is 0. The molecule has 0 aliphatic carbocycles. The SMILES string of the molecule is C[C@H]1[C@H](O)c2c(c3c(c4ccc(=O)[nH]c24)OC(C)(C)CC3)O[C@@H]1C. The molecular formula is C19H23NO4. The van der Waals surface area contributed by atoms with Gasteiger partial charge in [0, 0.05) is 28.5 Å². The van der Waals surface area contributed by atoms with Crippen LogP contribution in [0.25, 0.3) is 10.9 Å². The van der Waals surface area contributed by atoms with Crippen molar-refractivity contribution in [1.82, 2.24) is 4.98 Å². The highest BCUT2D eigenvalue weighted by Crippen LogP contribution is 2.51. The molecule has 2 N–H and O–H groups in total. The third-order valence-electron chi connectivity index (χ3n) is 5.42. The number of aromatic nitrogens is 1. The summed E-state index contributed by atoms with van der Waals surface area (Å²) in [6.45, 7) is 8.06. The zero-order valence-electron chi connectivity index (χ0n) is 14.5. The van der Waals surface area contributed by atoms with Crippen molar-refractivity contribution in [2.24, 2.45) is 5.92 Å². The van der Waals surface area contributed by atoms with E-state index in [-0.39, 0.29) is 23.2 Å². The van der Waals surface area contributed by atoms with Crippen LogP contribution >= 0.6 is 0 Å². The topological polar surface area (TPSA) is 71.5 Å². The first-order valence-electron chi connectivity index (χ1n) is 8.54. The Kier molecular flexibility index (Phi) is 3.23. The summed E-state index contributed by atoms with van der Waals surface area (Å²) in [5.74, 6) is 1.40. The van der Waals surface area contributed by atoms with Crippen LogP contribution in [0.1, 0.15) is 51.3 Å². The van der Waals surface area contributed by atoms with Gasteiger partial charge in [-0.1, -0.05) is 6.92 Å². The van der Waals surface area contributed by atoms with Crippen LogP contribution in [0, 0.1) is 5.92 Å². The molecule has 0 bridgehead atoms. The predicted molar refractivity (Wildman–Crippen MR) is 91.8 cm³/mol. The molecule has 1 aromatic heterocycles. The van der Waals surface area contributed by atoms with Crippen LogP contribution in [0.2, 0.25) is 0 Å². The molecule has 0 spiro atoms. The second kappa shape index (κ2) is 4.99. The first-order valence-corrected chi connectivity index (χ1v) is 8.54. The minimum atomic E-state index is -0.676. The Morgan fingerprint density at radius 1 is 1.25 bits per heavy atom. The van der Waals surface area contributed by atoms with Gasteiger partial charge in [0.25, 0.3) is 0 Å². The Balaban J connectivity index is 2.10. The number of ether oxygens (including phenoxy) is 2. The van der Waals surface area contributed by atoms with Gasteiger partial charge in [-0.2, -0.15) is 0 Å². The summed E-state index contributed by atoms with van der Waals surface area (Å²) in [6, 6.07) is 3.28. The Labute approximate surface area is 140 Å². The highest BCUT2D eigenvalue weighted by Gasteiger charge is 2.39. The van der Waals surface area contributed by atoms with Gasteiger partial charge in [0.15, 0.2) is 0 Å². The van der Waals surface area contributed by atoms with Gasteiger partial charge in [-0.05, 0) is 39.7 Å². The lowest BCUT2D eigenvalue weighted by Gasteiger charge is -2.39. The lowest BCUT2D eigenvalue weighted by Crippen LogP contribution is -2.36. The Morgan fingerprint density at radius 3 is 2.75 bits per heavy atom. The van der Waals surface area contributed by atoms with Crippen LogP contribution in [-0.4, -0.2) is 21.8 Å². The molecule has 0 unspecified atom stereocenters. The van der Waals surface area contributed by atoms with Crippen LogP contribution in [0.4, 0.5) is 0 Å². The quantitative estimate of drug-likeness (QED) is 0.779. The first kappa shape index (κ1) is 15.5. The number of rotatable bonds is 0. The highest BCUT2D eigenvalue weighted by atomic mass is 16.5. The van der Waals surface area contributed by atoms with Crippen LogP contribution in [0.5, 0.6) is 11.5 Å². The van der Waals surface area contributed by atoms with Crippen molar-refractivity contribution in [1.29, 1.82) is 0 Å². The summed E-state index contributed by atoms with van der Waals surface area (Å²) < 4.78 is 12.4. The average Bonchev–Trinajstić information content (AvgIpc) is 2.51. The van der Waals surface area contributed by atoms with Crippen molar-refractivity contribution in [3.63, 3.8) is 0 Å². The van der Waals surface area contributed by atoms with Crippen LogP contribution in [-0.2, 0) is 6.42 Å². The normalized spacial score (nSPS) is 27.8. The highest BCUT2D eigenvalue weighted by molar-refractivity contribution is 5.92. The molecule has 0 radical (unpaired) electrons. The van der Waals surface area contributed by atoms with E-state index in [1.165, 1.54) is 6.07 Å². The number of H-pyrrole nitrogens is 1. The van der Waals surface area contributed by atoms with Crippen molar-refractivity contribution >= 4 is 10.9 Å². The van der Waals surface area contributed by atoms with Gasteiger partial charge in [0.05, 0.1) is 11.6 Å². The lowest BCUT2D eigenvalue weighted by atomic mass is 9.84. The number of hydrogen-bond acceptors (Lipinski definition) is 4. The Hall–Kier alpha value is -2.01. The van der Waals surface area contributed by atoms with Crippen molar-refractivity contribution in [3.05, 3.63) is 33.6 Å². The summed E-state index contributed by atoms with van der Waals surface area (Å²) in [7, 11) is 0. The second-order valence-electron chi connectivity index (χ2n) is 7.65. The van der Waals surface area contributed by atoms with Crippen LogP contribution in [0.3, 0.4) is 0 Å². The molecule has 0 saturated carbocycles. The monoisotopic (exact) mass is 329 g/mol. The molecule has 0 amide bonds. The molecule has 4 rings (SSSR count). The van der Waals surface area contributed by atoms with E-state index >= 15 is 0 Å². The summed E-state index contributed by atoms with van der Waals surface area (Å²) in [4.78, 5) is 14.8. The van der Waals surface area contributed by atoms with E-state index in [4.69, 9.17) is 9.47 Å². The number of hydrogen-bond donors (Lipinski definition) is 2. The predicted octanol–water partition coefficient (Wildman–Crippen LogP) is 3.08. The molecular weight excluding hydrogens is 306 g/mol. The number of benzene rings is 1. The van der Waals surface area contributed by atoms with Gasteiger partial charge in [0.1, 0.15) is 23.2 Å². The number of aliphatic hydroxyl groups is 1. The molecule has 0 saturated heterocycles. The van der Waals surface area contributed by atoms with Gasteiger partial charge in [0.2, 0.25) is 5.56 Å². The van der Waals surface area contributed by atoms with E-state index in [0.29, 0.717) is 16.8 Å². The average molecular weight is 329 g/mol. The molecule has 2 aromatic rings. The standard InChI is InChI=1S/C19H23NO4/c1-9-10(2)23-18-12-7-8-19(3,4)24-17(12)11-5-6-13(21)20-15(11)14(18)16(9)22/h5-6,9-10,16,22H,7-8H2,1-4H3,(H,20,21)/t9-,10-,16+/m1/s1. The lowest BCUT2D eigenvalue weighted by molar-refractivity contribution is 0.0158. The van der Waals surface area contributed by atoms with Gasteiger partial charge in [-0.15, -0.1) is 0 Å². The van der Waals surface area contributed by atoms with Crippen molar-refractivity contribution in [2.75, 3.05) is 0 Å². The van der Waals surface area contributed by atoms with Gasteiger partial charge < -0.3 is 19.6 Å².